The van der Waals surface area contributed by atoms with Gasteiger partial charge in [0.1, 0.15) is 5.52 Å². The van der Waals surface area contributed by atoms with E-state index in [1.165, 1.54) is 0 Å². The Morgan fingerprint density at radius 3 is 2.79 bits per heavy atom. The minimum Gasteiger partial charge on any atom is -0.358 e. The smallest absolute Gasteiger partial charge is 0.163 e. The lowest BCUT2D eigenvalue weighted by Gasteiger charge is -2.13. The van der Waals surface area contributed by atoms with Gasteiger partial charge in [-0.15, -0.1) is 0 Å². The molecular formula is C10H11BrN2O. The highest BCUT2D eigenvalue weighted by atomic mass is 79.9. The van der Waals surface area contributed by atoms with Crippen LogP contribution in [0.25, 0.3) is 10.9 Å². The van der Waals surface area contributed by atoms with Crippen molar-refractivity contribution in [2.24, 2.45) is 5.73 Å². The summed E-state index contributed by atoms with van der Waals surface area (Å²) in [4.78, 5) is 0. The summed E-state index contributed by atoms with van der Waals surface area (Å²) in [6.07, 6.45) is 0. The van der Waals surface area contributed by atoms with Gasteiger partial charge in [0.2, 0.25) is 0 Å². The summed E-state index contributed by atoms with van der Waals surface area (Å²) in [6, 6.07) is 5.82. The highest BCUT2D eigenvalue weighted by Gasteiger charge is 2.22. The molecule has 0 aliphatic heterocycles. The molecule has 2 aromatic rings. The third-order valence-corrected chi connectivity index (χ3v) is 2.52. The highest BCUT2D eigenvalue weighted by molar-refractivity contribution is 9.10. The second-order valence-electron chi connectivity index (χ2n) is 3.89. The number of benzene rings is 1. The fourth-order valence-corrected chi connectivity index (χ4v) is 1.73. The summed E-state index contributed by atoms with van der Waals surface area (Å²) in [5.74, 6) is 0.722. The molecule has 1 aromatic heterocycles. The summed E-state index contributed by atoms with van der Waals surface area (Å²) in [6.45, 7) is 3.80. The van der Waals surface area contributed by atoms with E-state index in [9.17, 15) is 0 Å². The number of nitrogens with zero attached hydrogens (tertiary/aromatic N) is 1. The van der Waals surface area contributed by atoms with Crippen LogP contribution in [0.2, 0.25) is 0 Å². The zero-order chi connectivity index (χ0) is 10.3. The van der Waals surface area contributed by atoms with Crippen LogP contribution in [-0.4, -0.2) is 5.16 Å². The molecule has 0 aliphatic rings. The van der Waals surface area contributed by atoms with Gasteiger partial charge in [-0.05, 0) is 32.0 Å². The van der Waals surface area contributed by atoms with Gasteiger partial charge < -0.3 is 10.3 Å². The second kappa shape index (κ2) is 3.07. The standard InChI is InChI=1S/C10H11BrN2O/c1-10(2,12)9-7-4-3-6(11)5-8(7)13-14-9/h3-5H,12H2,1-2H3. The topological polar surface area (TPSA) is 52.0 Å². The fraction of sp³-hybridized carbons (Fsp3) is 0.300. The lowest BCUT2D eigenvalue weighted by molar-refractivity contribution is 0.327. The molecule has 0 bridgehead atoms. The van der Waals surface area contributed by atoms with Crippen molar-refractivity contribution >= 4 is 26.8 Å². The Labute approximate surface area is 90.4 Å². The van der Waals surface area contributed by atoms with E-state index in [1.54, 1.807) is 0 Å². The number of halogens is 1. The van der Waals surface area contributed by atoms with Crippen LogP contribution in [0, 0.1) is 0 Å². The molecule has 0 amide bonds. The minimum absolute atomic E-state index is 0.497. The van der Waals surface area contributed by atoms with Gasteiger partial charge in [0.15, 0.2) is 5.76 Å². The molecule has 0 fully saturated rings. The van der Waals surface area contributed by atoms with Crippen LogP contribution in [0.4, 0.5) is 0 Å². The number of hydrogen-bond acceptors (Lipinski definition) is 3. The lowest BCUT2D eigenvalue weighted by Crippen LogP contribution is -2.28. The molecule has 2 rings (SSSR count). The average molecular weight is 255 g/mol. The summed E-state index contributed by atoms with van der Waals surface area (Å²) in [5, 5.41) is 4.93. The molecule has 0 spiro atoms. The fourth-order valence-electron chi connectivity index (χ4n) is 1.38. The first kappa shape index (κ1) is 9.68. The minimum atomic E-state index is -0.497. The Hall–Kier alpha value is -0.870. The van der Waals surface area contributed by atoms with E-state index in [0.717, 1.165) is 21.1 Å². The summed E-state index contributed by atoms with van der Waals surface area (Å²) < 4.78 is 6.22. The molecule has 1 aromatic carbocycles. The Bertz CT molecular complexity index is 470. The molecule has 0 atom stereocenters. The zero-order valence-electron chi connectivity index (χ0n) is 8.04. The van der Waals surface area contributed by atoms with E-state index in [2.05, 4.69) is 21.1 Å². The number of fused-ring (bicyclic) bond motifs is 1. The molecule has 2 N–H and O–H groups in total. The number of nitrogens with two attached hydrogens (primary N) is 1. The molecule has 0 unspecified atom stereocenters. The van der Waals surface area contributed by atoms with Crippen molar-refractivity contribution in [2.75, 3.05) is 0 Å². The van der Waals surface area contributed by atoms with Crippen LogP contribution < -0.4 is 5.73 Å². The van der Waals surface area contributed by atoms with Crippen molar-refractivity contribution in [2.45, 2.75) is 19.4 Å². The predicted molar refractivity (Wildman–Crippen MR) is 58.9 cm³/mol. The molecular weight excluding hydrogens is 244 g/mol. The maximum atomic E-state index is 5.96. The van der Waals surface area contributed by atoms with Gasteiger partial charge in [-0.2, -0.15) is 0 Å². The van der Waals surface area contributed by atoms with E-state index in [-0.39, 0.29) is 0 Å². The van der Waals surface area contributed by atoms with Crippen LogP contribution >= 0.6 is 15.9 Å². The van der Waals surface area contributed by atoms with Gasteiger partial charge in [0.05, 0.1) is 5.54 Å². The van der Waals surface area contributed by atoms with Crippen molar-refractivity contribution < 1.29 is 4.52 Å². The second-order valence-corrected chi connectivity index (χ2v) is 4.81. The highest BCUT2D eigenvalue weighted by Crippen LogP contribution is 2.28. The van der Waals surface area contributed by atoms with Crippen molar-refractivity contribution in [3.63, 3.8) is 0 Å². The molecule has 3 nitrogen and oxygen atoms in total. The molecule has 0 saturated heterocycles. The van der Waals surface area contributed by atoms with Crippen LogP contribution in [0.3, 0.4) is 0 Å². The maximum Gasteiger partial charge on any atom is 0.163 e. The first-order chi connectivity index (χ1) is 6.48. The Balaban J connectivity index is 2.70. The average Bonchev–Trinajstić information content (AvgIpc) is 2.45. The van der Waals surface area contributed by atoms with Crippen LogP contribution in [0.15, 0.2) is 27.2 Å². The molecule has 14 heavy (non-hydrogen) atoms. The molecule has 0 radical (unpaired) electrons. The molecule has 1 heterocycles. The van der Waals surface area contributed by atoms with Crippen LogP contribution in [0.5, 0.6) is 0 Å². The van der Waals surface area contributed by atoms with E-state index in [4.69, 9.17) is 10.3 Å². The number of hydrogen-bond donors (Lipinski definition) is 1. The summed E-state index contributed by atoms with van der Waals surface area (Å²) in [5.41, 5.74) is 6.29. The van der Waals surface area contributed by atoms with E-state index in [1.807, 2.05) is 32.0 Å². The SMILES string of the molecule is CC(C)(N)c1onc2cc(Br)ccc12. The molecule has 0 aliphatic carbocycles. The quantitative estimate of drug-likeness (QED) is 0.852. The Morgan fingerprint density at radius 1 is 1.43 bits per heavy atom. The third kappa shape index (κ3) is 1.55. The Morgan fingerprint density at radius 2 is 2.14 bits per heavy atom. The van der Waals surface area contributed by atoms with Crippen molar-refractivity contribution in [3.05, 3.63) is 28.4 Å². The van der Waals surface area contributed by atoms with Crippen molar-refractivity contribution in [1.29, 1.82) is 0 Å². The molecule has 74 valence electrons. The first-order valence-electron chi connectivity index (χ1n) is 4.33. The first-order valence-corrected chi connectivity index (χ1v) is 5.12. The van der Waals surface area contributed by atoms with Crippen molar-refractivity contribution in [1.82, 2.24) is 5.16 Å². The molecule has 4 heteroatoms. The van der Waals surface area contributed by atoms with Gasteiger partial charge in [-0.1, -0.05) is 21.1 Å². The van der Waals surface area contributed by atoms with Gasteiger partial charge >= 0.3 is 0 Å². The van der Waals surface area contributed by atoms with Gasteiger partial charge in [-0.3, -0.25) is 0 Å². The van der Waals surface area contributed by atoms with Crippen LogP contribution in [0.1, 0.15) is 19.6 Å². The molecule has 0 saturated carbocycles. The summed E-state index contributed by atoms with van der Waals surface area (Å²) >= 11 is 3.38. The zero-order valence-corrected chi connectivity index (χ0v) is 9.63. The van der Waals surface area contributed by atoms with E-state index in [0.29, 0.717) is 0 Å². The van der Waals surface area contributed by atoms with Gasteiger partial charge in [-0.25, -0.2) is 0 Å². The van der Waals surface area contributed by atoms with Crippen molar-refractivity contribution in [3.8, 4) is 0 Å². The normalized spacial score (nSPS) is 12.3. The lowest BCUT2D eigenvalue weighted by atomic mass is 10.0. The summed E-state index contributed by atoms with van der Waals surface area (Å²) in [7, 11) is 0. The van der Waals surface area contributed by atoms with Crippen LogP contribution in [-0.2, 0) is 5.54 Å². The van der Waals surface area contributed by atoms with Gasteiger partial charge in [0, 0.05) is 9.86 Å². The number of aromatic nitrogens is 1. The maximum absolute atomic E-state index is 5.96. The van der Waals surface area contributed by atoms with E-state index >= 15 is 0 Å². The van der Waals surface area contributed by atoms with Gasteiger partial charge in [0.25, 0.3) is 0 Å². The van der Waals surface area contributed by atoms with E-state index < -0.39 is 5.54 Å². The monoisotopic (exact) mass is 254 g/mol. The Kier molecular flexibility index (Phi) is 2.12. The largest absolute Gasteiger partial charge is 0.358 e. The third-order valence-electron chi connectivity index (χ3n) is 2.02. The number of rotatable bonds is 1. The predicted octanol–water partition coefficient (Wildman–Crippen LogP) is 2.78.